The van der Waals surface area contributed by atoms with Crippen molar-refractivity contribution in [2.75, 3.05) is 0 Å². The van der Waals surface area contributed by atoms with Crippen LogP contribution in [0.25, 0.3) is 16.8 Å². The Morgan fingerprint density at radius 2 is 1.61 bits per heavy atom. The lowest BCUT2D eigenvalue weighted by molar-refractivity contribution is 0.881. The molecule has 0 unspecified atom stereocenters. The van der Waals surface area contributed by atoms with Gasteiger partial charge in [0.15, 0.2) is 0 Å². The highest BCUT2D eigenvalue weighted by Crippen LogP contribution is 2.27. The number of hydrogen-bond acceptors (Lipinski definition) is 1. The van der Waals surface area contributed by atoms with Gasteiger partial charge in [-0.2, -0.15) is 5.10 Å². The summed E-state index contributed by atoms with van der Waals surface area (Å²) in [5.41, 5.74) is 3.32. The van der Waals surface area contributed by atoms with Gasteiger partial charge in [-0.1, -0.05) is 52.3 Å². The van der Waals surface area contributed by atoms with Gasteiger partial charge in [0.25, 0.3) is 0 Å². The first-order valence-corrected chi connectivity index (χ1v) is 6.49. The average molecular weight is 299 g/mol. The fraction of sp³-hybridized carbons (Fsp3) is 0. The molecule has 2 aromatic carbocycles. The topological polar surface area (TPSA) is 17.8 Å². The van der Waals surface area contributed by atoms with Crippen molar-refractivity contribution in [3.05, 3.63) is 71.5 Å². The zero-order chi connectivity index (χ0) is 12.4. The first-order valence-electron chi connectivity index (χ1n) is 5.69. The van der Waals surface area contributed by atoms with E-state index in [-0.39, 0.29) is 0 Å². The lowest BCUT2D eigenvalue weighted by atomic mass is 10.1. The van der Waals surface area contributed by atoms with Crippen molar-refractivity contribution >= 4 is 15.9 Å². The number of nitrogens with zero attached hydrogens (tertiary/aromatic N) is 2. The first kappa shape index (κ1) is 11.2. The maximum Gasteiger partial charge on any atom is 0.0645 e. The number of hydrogen-bond donors (Lipinski definition) is 0. The van der Waals surface area contributed by atoms with Crippen LogP contribution in [-0.4, -0.2) is 9.78 Å². The lowest BCUT2D eigenvalue weighted by Gasteiger charge is -2.01. The van der Waals surface area contributed by atoms with Crippen molar-refractivity contribution < 1.29 is 0 Å². The van der Waals surface area contributed by atoms with Crippen LogP contribution in [0.15, 0.2) is 71.5 Å². The van der Waals surface area contributed by atoms with Gasteiger partial charge in [0, 0.05) is 16.2 Å². The van der Waals surface area contributed by atoms with Crippen LogP contribution in [0, 0.1) is 0 Å². The fourth-order valence-electron chi connectivity index (χ4n) is 1.88. The molecule has 0 atom stereocenters. The van der Waals surface area contributed by atoms with E-state index >= 15 is 0 Å². The Bertz CT molecular complexity index is 659. The summed E-state index contributed by atoms with van der Waals surface area (Å²) in [6.45, 7) is 0. The fourth-order valence-corrected chi connectivity index (χ4v) is 2.39. The Morgan fingerprint density at radius 3 is 2.39 bits per heavy atom. The van der Waals surface area contributed by atoms with Crippen molar-refractivity contribution in [3.63, 3.8) is 0 Å². The molecular weight excluding hydrogens is 288 g/mol. The van der Waals surface area contributed by atoms with Gasteiger partial charge in [-0.15, -0.1) is 0 Å². The second-order valence-electron chi connectivity index (χ2n) is 3.99. The first-order chi connectivity index (χ1) is 8.84. The van der Waals surface area contributed by atoms with Gasteiger partial charge in [-0.05, 0) is 23.8 Å². The molecule has 0 amide bonds. The highest BCUT2D eigenvalue weighted by Gasteiger charge is 2.05. The van der Waals surface area contributed by atoms with Gasteiger partial charge in [-0.25, -0.2) is 4.68 Å². The number of para-hydroxylation sites is 1. The van der Waals surface area contributed by atoms with Crippen LogP contribution < -0.4 is 0 Å². The summed E-state index contributed by atoms with van der Waals surface area (Å²) in [6.07, 6.45) is 3.92. The second kappa shape index (κ2) is 4.78. The monoisotopic (exact) mass is 298 g/mol. The lowest BCUT2D eigenvalue weighted by Crippen LogP contribution is -1.92. The summed E-state index contributed by atoms with van der Waals surface area (Å²) in [4.78, 5) is 0. The minimum Gasteiger partial charge on any atom is -0.240 e. The molecule has 2 nitrogen and oxygen atoms in total. The number of rotatable bonds is 2. The van der Waals surface area contributed by atoms with Crippen molar-refractivity contribution in [1.29, 1.82) is 0 Å². The standard InChI is InChI=1S/C15H11BrN2/c16-15-9-5-4-8-14(15)12-10-17-18(11-12)13-6-2-1-3-7-13/h1-11H. The van der Waals surface area contributed by atoms with Gasteiger partial charge in [0.1, 0.15) is 0 Å². The van der Waals surface area contributed by atoms with Crippen LogP contribution in [0.2, 0.25) is 0 Å². The second-order valence-corrected chi connectivity index (χ2v) is 4.84. The summed E-state index contributed by atoms with van der Waals surface area (Å²) < 4.78 is 2.96. The van der Waals surface area contributed by atoms with E-state index in [0.717, 1.165) is 21.3 Å². The van der Waals surface area contributed by atoms with Crippen LogP contribution in [0.5, 0.6) is 0 Å². The number of benzene rings is 2. The van der Waals surface area contributed by atoms with E-state index in [1.54, 1.807) is 0 Å². The zero-order valence-electron chi connectivity index (χ0n) is 9.62. The Balaban J connectivity index is 2.03. The van der Waals surface area contributed by atoms with E-state index in [0.29, 0.717) is 0 Å². The molecule has 0 N–H and O–H groups in total. The third-order valence-corrected chi connectivity index (χ3v) is 3.48. The molecule has 3 heteroatoms. The number of halogens is 1. The molecule has 1 aromatic heterocycles. The predicted octanol–water partition coefficient (Wildman–Crippen LogP) is 4.30. The molecule has 3 aromatic rings. The summed E-state index contributed by atoms with van der Waals surface area (Å²) in [5.74, 6) is 0. The summed E-state index contributed by atoms with van der Waals surface area (Å²) >= 11 is 3.56. The maximum atomic E-state index is 4.40. The van der Waals surface area contributed by atoms with Crippen LogP contribution in [0.4, 0.5) is 0 Å². The normalized spacial score (nSPS) is 10.5. The summed E-state index contributed by atoms with van der Waals surface area (Å²) in [5, 5.41) is 4.40. The SMILES string of the molecule is Brc1ccccc1-c1cnn(-c2ccccc2)c1. The molecule has 0 aliphatic rings. The molecule has 18 heavy (non-hydrogen) atoms. The molecule has 0 fully saturated rings. The molecule has 3 rings (SSSR count). The van der Waals surface area contributed by atoms with Crippen molar-refractivity contribution in [2.24, 2.45) is 0 Å². The largest absolute Gasteiger partial charge is 0.240 e. The van der Waals surface area contributed by atoms with Crippen molar-refractivity contribution in [2.45, 2.75) is 0 Å². The highest BCUT2D eigenvalue weighted by molar-refractivity contribution is 9.10. The minimum atomic E-state index is 1.07. The Labute approximate surface area is 114 Å². The van der Waals surface area contributed by atoms with Crippen LogP contribution in [0.3, 0.4) is 0 Å². The van der Waals surface area contributed by atoms with Gasteiger partial charge in [-0.3, -0.25) is 0 Å². The molecular formula is C15H11BrN2. The molecule has 0 radical (unpaired) electrons. The zero-order valence-corrected chi connectivity index (χ0v) is 11.2. The molecule has 0 bridgehead atoms. The maximum absolute atomic E-state index is 4.40. The van der Waals surface area contributed by atoms with Crippen molar-refractivity contribution in [1.82, 2.24) is 9.78 Å². The van der Waals surface area contributed by atoms with Crippen LogP contribution in [-0.2, 0) is 0 Å². The Hall–Kier alpha value is -1.87. The molecule has 0 aliphatic carbocycles. The van der Waals surface area contributed by atoms with E-state index in [9.17, 15) is 0 Å². The highest BCUT2D eigenvalue weighted by atomic mass is 79.9. The van der Waals surface area contributed by atoms with Gasteiger partial charge in [0.2, 0.25) is 0 Å². The molecule has 0 spiro atoms. The van der Waals surface area contributed by atoms with Gasteiger partial charge >= 0.3 is 0 Å². The third kappa shape index (κ3) is 2.09. The summed E-state index contributed by atoms with van der Waals surface area (Å²) in [6, 6.07) is 18.3. The molecule has 88 valence electrons. The quantitative estimate of drug-likeness (QED) is 0.690. The molecule has 1 heterocycles. The van der Waals surface area contributed by atoms with E-state index in [1.165, 1.54) is 0 Å². The molecule has 0 saturated heterocycles. The third-order valence-electron chi connectivity index (χ3n) is 2.79. The number of aromatic nitrogens is 2. The smallest absolute Gasteiger partial charge is 0.0645 e. The van der Waals surface area contributed by atoms with E-state index in [1.807, 2.05) is 65.6 Å². The van der Waals surface area contributed by atoms with E-state index in [4.69, 9.17) is 0 Å². The average Bonchev–Trinajstić information content (AvgIpc) is 2.90. The summed E-state index contributed by atoms with van der Waals surface area (Å²) in [7, 11) is 0. The Kier molecular flexibility index (Phi) is 2.99. The van der Waals surface area contributed by atoms with E-state index < -0.39 is 0 Å². The minimum absolute atomic E-state index is 1.07. The van der Waals surface area contributed by atoms with Gasteiger partial charge < -0.3 is 0 Å². The van der Waals surface area contributed by atoms with Gasteiger partial charge in [0.05, 0.1) is 11.9 Å². The molecule has 0 aliphatic heterocycles. The van der Waals surface area contributed by atoms with E-state index in [2.05, 4.69) is 27.1 Å². The van der Waals surface area contributed by atoms with Crippen LogP contribution in [0.1, 0.15) is 0 Å². The molecule has 0 saturated carbocycles. The predicted molar refractivity (Wildman–Crippen MR) is 76.7 cm³/mol. The van der Waals surface area contributed by atoms with Crippen LogP contribution >= 0.6 is 15.9 Å². The van der Waals surface area contributed by atoms with Crippen molar-refractivity contribution in [3.8, 4) is 16.8 Å². The Morgan fingerprint density at radius 1 is 0.889 bits per heavy atom.